The molecule has 1 aromatic heterocycles. The van der Waals surface area contributed by atoms with Crippen molar-refractivity contribution in [3.8, 4) is 11.3 Å². The molecular weight excluding hydrogens is 435 g/mol. The van der Waals surface area contributed by atoms with Gasteiger partial charge in [0, 0.05) is 10.9 Å². The summed E-state index contributed by atoms with van der Waals surface area (Å²) in [5.41, 5.74) is 1.47. The lowest BCUT2D eigenvalue weighted by molar-refractivity contribution is 0.0697. The molecule has 0 saturated carbocycles. The maximum Gasteiger partial charge on any atom is 0.335 e. The summed E-state index contributed by atoms with van der Waals surface area (Å²) in [5, 5.41) is 14.0. The number of aromatic carboxylic acids is 1. The summed E-state index contributed by atoms with van der Waals surface area (Å²) >= 11 is 12.1. The minimum absolute atomic E-state index is 0.0823. The van der Waals surface area contributed by atoms with Crippen LogP contribution in [0.4, 0.5) is 0 Å². The number of nitrogens with zero attached hydrogens (tertiary/aromatic N) is 2. The van der Waals surface area contributed by atoms with Gasteiger partial charge in [-0.05, 0) is 30.3 Å². The molecule has 0 spiro atoms. The molecule has 1 N–H and O–H groups in total. The van der Waals surface area contributed by atoms with Crippen LogP contribution in [0.3, 0.4) is 0 Å². The summed E-state index contributed by atoms with van der Waals surface area (Å²) in [7, 11) is -4.13. The zero-order valence-corrected chi connectivity index (χ0v) is 16.9. The second-order valence-corrected chi connectivity index (χ2v) is 8.67. The lowest BCUT2D eigenvalue weighted by atomic mass is 10.1. The molecular formula is C20H12Cl2N2O4S. The Morgan fingerprint density at radius 3 is 2.31 bits per heavy atom. The lowest BCUT2D eigenvalue weighted by Gasteiger charge is -2.08. The molecule has 146 valence electrons. The van der Waals surface area contributed by atoms with E-state index in [2.05, 4.69) is 5.10 Å². The monoisotopic (exact) mass is 446 g/mol. The van der Waals surface area contributed by atoms with Crippen LogP contribution in [0, 0.1) is 0 Å². The van der Waals surface area contributed by atoms with E-state index in [-0.39, 0.29) is 20.5 Å². The molecule has 0 saturated heterocycles. The van der Waals surface area contributed by atoms with E-state index < -0.39 is 16.0 Å². The second-order valence-electron chi connectivity index (χ2n) is 6.15. The van der Waals surface area contributed by atoms with Crippen LogP contribution in [-0.2, 0) is 10.0 Å². The van der Waals surface area contributed by atoms with E-state index in [1.807, 2.05) is 0 Å². The third-order valence-electron chi connectivity index (χ3n) is 4.38. The summed E-state index contributed by atoms with van der Waals surface area (Å²) in [6, 6.07) is 17.3. The average molecular weight is 447 g/mol. The zero-order chi connectivity index (χ0) is 20.8. The highest BCUT2D eigenvalue weighted by atomic mass is 35.5. The van der Waals surface area contributed by atoms with Crippen molar-refractivity contribution in [2.75, 3.05) is 0 Å². The van der Waals surface area contributed by atoms with Gasteiger partial charge < -0.3 is 5.11 Å². The Morgan fingerprint density at radius 1 is 0.931 bits per heavy atom. The fraction of sp³-hybridized carbons (Fsp3) is 0. The number of carboxylic acids is 1. The molecule has 0 unspecified atom stereocenters. The van der Waals surface area contributed by atoms with Crippen LogP contribution in [0.5, 0.6) is 0 Å². The predicted octanol–water partition coefficient (Wildman–Crippen LogP) is 4.95. The van der Waals surface area contributed by atoms with Crippen molar-refractivity contribution in [2.24, 2.45) is 0 Å². The lowest BCUT2D eigenvalue weighted by Crippen LogP contribution is -2.15. The molecule has 0 amide bonds. The Bertz CT molecular complexity index is 1360. The molecule has 9 heteroatoms. The molecule has 0 aliphatic rings. The van der Waals surface area contributed by atoms with Crippen LogP contribution in [0.1, 0.15) is 10.4 Å². The van der Waals surface area contributed by atoms with E-state index in [4.69, 9.17) is 28.3 Å². The number of aromatic nitrogens is 2. The molecule has 1 heterocycles. The van der Waals surface area contributed by atoms with E-state index in [0.717, 1.165) is 4.09 Å². The summed E-state index contributed by atoms with van der Waals surface area (Å²) < 4.78 is 27.5. The highest BCUT2D eigenvalue weighted by molar-refractivity contribution is 7.90. The third kappa shape index (κ3) is 3.27. The normalized spacial score (nSPS) is 11.7. The van der Waals surface area contributed by atoms with Gasteiger partial charge in [-0.1, -0.05) is 59.6 Å². The maximum absolute atomic E-state index is 13.3. The second kappa shape index (κ2) is 7.18. The number of benzene rings is 3. The fourth-order valence-electron chi connectivity index (χ4n) is 2.98. The van der Waals surface area contributed by atoms with Crippen LogP contribution >= 0.6 is 23.2 Å². The Morgan fingerprint density at radius 2 is 1.62 bits per heavy atom. The van der Waals surface area contributed by atoms with Gasteiger partial charge >= 0.3 is 5.97 Å². The molecule has 4 rings (SSSR count). The van der Waals surface area contributed by atoms with Crippen molar-refractivity contribution in [3.63, 3.8) is 0 Å². The highest BCUT2D eigenvalue weighted by Gasteiger charge is 2.26. The molecule has 3 aromatic carbocycles. The van der Waals surface area contributed by atoms with E-state index >= 15 is 0 Å². The van der Waals surface area contributed by atoms with Crippen LogP contribution in [-0.4, -0.2) is 28.7 Å². The van der Waals surface area contributed by atoms with Crippen LogP contribution in [0.15, 0.2) is 71.6 Å². The first-order valence-electron chi connectivity index (χ1n) is 8.32. The van der Waals surface area contributed by atoms with Gasteiger partial charge in [0.05, 0.1) is 21.1 Å². The van der Waals surface area contributed by atoms with Crippen molar-refractivity contribution in [1.29, 1.82) is 0 Å². The van der Waals surface area contributed by atoms with Gasteiger partial charge in [-0.2, -0.15) is 17.6 Å². The van der Waals surface area contributed by atoms with Crippen LogP contribution < -0.4 is 0 Å². The number of para-hydroxylation sites is 1. The molecule has 29 heavy (non-hydrogen) atoms. The summed E-state index contributed by atoms with van der Waals surface area (Å²) in [6.07, 6.45) is 0. The van der Waals surface area contributed by atoms with Gasteiger partial charge in [0.25, 0.3) is 10.0 Å². The van der Waals surface area contributed by atoms with Crippen molar-refractivity contribution < 1.29 is 18.3 Å². The Labute approximate surface area is 176 Å². The van der Waals surface area contributed by atoms with Crippen LogP contribution in [0.2, 0.25) is 10.0 Å². The first kappa shape index (κ1) is 19.4. The van der Waals surface area contributed by atoms with Gasteiger partial charge in [0.2, 0.25) is 0 Å². The van der Waals surface area contributed by atoms with Gasteiger partial charge in [-0.3, -0.25) is 0 Å². The maximum atomic E-state index is 13.3. The minimum atomic E-state index is -4.13. The fourth-order valence-corrected chi connectivity index (χ4v) is 5.01. The number of hydrogen-bond donors (Lipinski definition) is 1. The van der Waals surface area contributed by atoms with Crippen LogP contribution in [0.25, 0.3) is 22.2 Å². The topological polar surface area (TPSA) is 89.3 Å². The Balaban J connectivity index is 1.95. The first-order chi connectivity index (χ1) is 13.8. The van der Waals surface area contributed by atoms with E-state index in [1.165, 1.54) is 30.3 Å². The quantitative estimate of drug-likeness (QED) is 0.479. The third-order valence-corrected chi connectivity index (χ3v) is 6.94. The first-order valence-corrected chi connectivity index (χ1v) is 10.5. The van der Waals surface area contributed by atoms with Gasteiger partial charge in [-0.25, -0.2) is 4.79 Å². The van der Waals surface area contributed by atoms with Crippen molar-refractivity contribution in [1.82, 2.24) is 9.19 Å². The van der Waals surface area contributed by atoms with Crippen molar-refractivity contribution in [2.45, 2.75) is 4.90 Å². The van der Waals surface area contributed by atoms with E-state index in [1.54, 1.807) is 36.4 Å². The smallest absolute Gasteiger partial charge is 0.335 e. The van der Waals surface area contributed by atoms with Crippen molar-refractivity contribution >= 4 is 50.1 Å². The molecule has 6 nitrogen and oxygen atoms in total. The molecule has 4 aromatic rings. The van der Waals surface area contributed by atoms with Gasteiger partial charge in [-0.15, -0.1) is 0 Å². The highest BCUT2D eigenvalue weighted by Crippen LogP contribution is 2.34. The summed E-state index contributed by atoms with van der Waals surface area (Å²) in [6.45, 7) is 0. The molecule has 0 atom stereocenters. The minimum Gasteiger partial charge on any atom is -0.478 e. The molecule has 0 fully saturated rings. The summed E-state index contributed by atoms with van der Waals surface area (Å²) in [5.74, 6) is -1.05. The van der Waals surface area contributed by atoms with E-state index in [9.17, 15) is 13.2 Å². The Hall–Kier alpha value is -2.87. The number of halogens is 2. The number of carbonyl (C=O) groups is 1. The summed E-state index contributed by atoms with van der Waals surface area (Å²) in [4.78, 5) is 10.9. The number of rotatable bonds is 4. The van der Waals surface area contributed by atoms with Crippen molar-refractivity contribution in [3.05, 3.63) is 82.3 Å². The molecule has 0 aliphatic heterocycles. The SMILES string of the molecule is O=C(O)c1ccc(-c2nn(S(=O)(=O)c3cccc(Cl)c3Cl)c3ccccc23)cc1. The Kier molecular flexibility index (Phi) is 4.82. The van der Waals surface area contributed by atoms with Gasteiger partial charge in [0.15, 0.2) is 0 Å². The number of carboxylic acid groups (broad SMARTS) is 1. The molecule has 0 aliphatic carbocycles. The number of fused-ring (bicyclic) bond motifs is 1. The largest absolute Gasteiger partial charge is 0.478 e. The average Bonchev–Trinajstić information content (AvgIpc) is 3.10. The molecule has 0 radical (unpaired) electrons. The predicted molar refractivity (Wildman–Crippen MR) is 111 cm³/mol. The zero-order valence-electron chi connectivity index (χ0n) is 14.6. The molecule has 0 bridgehead atoms. The van der Waals surface area contributed by atoms with E-state index in [0.29, 0.717) is 22.2 Å². The standard InChI is InChI=1S/C20H12Cl2N2O4S/c21-15-5-3-7-17(18(15)22)29(27,28)24-16-6-2-1-4-14(16)19(23-24)12-8-10-13(11-9-12)20(25)26/h1-11H,(H,25,26). The number of hydrogen-bond acceptors (Lipinski definition) is 4. The van der Waals surface area contributed by atoms with Gasteiger partial charge in [0.1, 0.15) is 10.6 Å².